The highest BCUT2D eigenvalue weighted by Gasteiger charge is 2.08. The predicted octanol–water partition coefficient (Wildman–Crippen LogP) is 1.95. The summed E-state index contributed by atoms with van der Waals surface area (Å²) in [6.45, 7) is 8.56. The fourth-order valence-corrected chi connectivity index (χ4v) is 2.30. The van der Waals surface area contributed by atoms with Crippen LogP contribution in [0.1, 0.15) is 17.5 Å². The highest BCUT2D eigenvalue weighted by Crippen LogP contribution is 2.08. The minimum Gasteiger partial charge on any atom is -0.379 e. The maximum absolute atomic E-state index is 13.1. The molecule has 0 amide bonds. The van der Waals surface area contributed by atoms with Crippen LogP contribution in [0.25, 0.3) is 0 Å². The number of rotatable bonds is 6. The molecule has 19 heavy (non-hydrogen) atoms. The van der Waals surface area contributed by atoms with Crippen molar-refractivity contribution >= 4 is 0 Å². The Hall–Kier alpha value is -0.970. The third kappa shape index (κ3) is 4.90. The minimum atomic E-state index is -0.129. The summed E-state index contributed by atoms with van der Waals surface area (Å²) in [4.78, 5) is 2.44. The molecule has 0 bridgehead atoms. The molecule has 4 heteroatoms. The number of hydrogen-bond donors (Lipinski definition) is 1. The van der Waals surface area contributed by atoms with Crippen LogP contribution in [-0.4, -0.2) is 44.3 Å². The maximum Gasteiger partial charge on any atom is 0.126 e. The van der Waals surface area contributed by atoms with E-state index in [0.717, 1.165) is 57.9 Å². The molecule has 1 aliphatic heterocycles. The Labute approximate surface area is 114 Å². The van der Waals surface area contributed by atoms with Crippen molar-refractivity contribution in [1.29, 1.82) is 0 Å². The summed E-state index contributed by atoms with van der Waals surface area (Å²) >= 11 is 0. The van der Waals surface area contributed by atoms with Gasteiger partial charge in [-0.2, -0.15) is 0 Å². The zero-order chi connectivity index (χ0) is 13.5. The van der Waals surface area contributed by atoms with E-state index in [0.29, 0.717) is 5.56 Å². The van der Waals surface area contributed by atoms with Crippen LogP contribution in [-0.2, 0) is 11.3 Å². The molecular formula is C15H23FN2O. The van der Waals surface area contributed by atoms with E-state index in [1.807, 2.05) is 12.1 Å². The molecule has 2 rings (SSSR count). The highest BCUT2D eigenvalue weighted by atomic mass is 19.1. The summed E-state index contributed by atoms with van der Waals surface area (Å²) in [5.74, 6) is -0.129. The number of hydrogen-bond acceptors (Lipinski definition) is 3. The van der Waals surface area contributed by atoms with Gasteiger partial charge in [-0.3, -0.25) is 4.90 Å². The summed E-state index contributed by atoms with van der Waals surface area (Å²) in [6, 6.07) is 5.29. The summed E-state index contributed by atoms with van der Waals surface area (Å²) in [5, 5.41) is 3.41. The molecule has 0 radical (unpaired) electrons. The third-order valence-corrected chi connectivity index (χ3v) is 3.48. The molecule has 1 aromatic rings. The molecule has 1 fully saturated rings. The second kappa shape index (κ2) is 7.58. The number of nitrogens with one attached hydrogen (secondary N) is 1. The van der Waals surface area contributed by atoms with Crippen molar-refractivity contribution in [1.82, 2.24) is 10.2 Å². The molecule has 0 aromatic heterocycles. The number of aryl methyl sites for hydroxylation is 1. The van der Waals surface area contributed by atoms with E-state index in [2.05, 4.69) is 10.2 Å². The number of morpholine rings is 1. The predicted molar refractivity (Wildman–Crippen MR) is 74.7 cm³/mol. The Kier molecular flexibility index (Phi) is 5.76. The second-order valence-electron chi connectivity index (χ2n) is 5.07. The topological polar surface area (TPSA) is 24.5 Å². The number of ether oxygens (including phenoxy) is 1. The molecule has 106 valence electrons. The van der Waals surface area contributed by atoms with Crippen LogP contribution >= 0.6 is 0 Å². The van der Waals surface area contributed by atoms with Crippen LogP contribution in [0.5, 0.6) is 0 Å². The number of halogens is 1. The van der Waals surface area contributed by atoms with E-state index < -0.39 is 0 Å². The Balaban J connectivity index is 1.59. The molecule has 0 aliphatic carbocycles. The van der Waals surface area contributed by atoms with Crippen molar-refractivity contribution < 1.29 is 9.13 Å². The van der Waals surface area contributed by atoms with Gasteiger partial charge < -0.3 is 10.1 Å². The second-order valence-corrected chi connectivity index (χ2v) is 5.07. The van der Waals surface area contributed by atoms with Gasteiger partial charge in [-0.25, -0.2) is 4.39 Å². The molecule has 1 aromatic carbocycles. The van der Waals surface area contributed by atoms with Crippen LogP contribution < -0.4 is 5.32 Å². The molecule has 1 heterocycles. The third-order valence-electron chi connectivity index (χ3n) is 3.48. The minimum absolute atomic E-state index is 0.129. The zero-order valence-electron chi connectivity index (χ0n) is 11.6. The molecule has 0 atom stereocenters. The Morgan fingerprint density at radius 3 is 2.84 bits per heavy atom. The lowest BCUT2D eigenvalue weighted by atomic mass is 10.1. The van der Waals surface area contributed by atoms with E-state index >= 15 is 0 Å². The van der Waals surface area contributed by atoms with Gasteiger partial charge in [-0.1, -0.05) is 12.1 Å². The van der Waals surface area contributed by atoms with Gasteiger partial charge in [0.05, 0.1) is 13.2 Å². The Morgan fingerprint density at radius 2 is 2.11 bits per heavy atom. The van der Waals surface area contributed by atoms with Crippen molar-refractivity contribution in [3.05, 3.63) is 35.1 Å². The van der Waals surface area contributed by atoms with E-state index in [-0.39, 0.29) is 5.82 Å². The molecule has 1 saturated heterocycles. The average Bonchev–Trinajstić information content (AvgIpc) is 2.43. The van der Waals surface area contributed by atoms with Crippen LogP contribution in [0.2, 0.25) is 0 Å². The number of benzene rings is 1. The summed E-state index contributed by atoms with van der Waals surface area (Å²) in [5.41, 5.74) is 1.86. The molecular weight excluding hydrogens is 243 g/mol. The van der Waals surface area contributed by atoms with E-state index in [1.54, 1.807) is 13.0 Å². The fraction of sp³-hybridized carbons (Fsp3) is 0.600. The number of nitrogens with zero attached hydrogens (tertiary/aromatic N) is 1. The lowest BCUT2D eigenvalue weighted by Crippen LogP contribution is -2.37. The van der Waals surface area contributed by atoms with Crippen LogP contribution in [0.4, 0.5) is 4.39 Å². The summed E-state index contributed by atoms with van der Waals surface area (Å²) < 4.78 is 18.4. The molecule has 0 unspecified atom stereocenters. The Bertz CT molecular complexity index is 392. The molecule has 3 nitrogen and oxygen atoms in total. The van der Waals surface area contributed by atoms with Crippen molar-refractivity contribution in [3.8, 4) is 0 Å². The maximum atomic E-state index is 13.1. The zero-order valence-corrected chi connectivity index (χ0v) is 11.6. The fourth-order valence-electron chi connectivity index (χ4n) is 2.30. The van der Waals surface area contributed by atoms with Gasteiger partial charge in [0.2, 0.25) is 0 Å². The SMILES string of the molecule is Cc1cc(CNCCCN2CCOCC2)ccc1F. The van der Waals surface area contributed by atoms with Gasteiger partial charge in [0.25, 0.3) is 0 Å². The van der Waals surface area contributed by atoms with Crippen LogP contribution in [0.3, 0.4) is 0 Å². The smallest absolute Gasteiger partial charge is 0.126 e. The molecule has 1 aliphatic rings. The first-order valence-corrected chi connectivity index (χ1v) is 7.01. The summed E-state index contributed by atoms with van der Waals surface area (Å²) in [7, 11) is 0. The largest absolute Gasteiger partial charge is 0.379 e. The van der Waals surface area contributed by atoms with E-state index in [1.165, 1.54) is 0 Å². The summed E-state index contributed by atoms with van der Waals surface area (Å²) in [6.07, 6.45) is 1.14. The van der Waals surface area contributed by atoms with E-state index in [9.17, 15) is 4.39 Å². The van der Waals surface area contributed by atoms with Crippen molar-refractivity contribution in [3.63, 3.8) is 0 Å². The highest BCUT2D eigenvalue weighted by molar-refractivity contribution is 5.23. The van der Waals surface area contributed by atoms with Gasteiger partial charge in [0.1, 0.15) is 5.82 Å². The molecule has 0 spiro atoms. The monoisotopic (exact) mass is 266 g/mol. The van der Waals surface area contributed by atoms with Crippen LogP contribution in [0, 0.1) is 12.7 Å². The normalized spacial score (nSPS) is 16.7. The van der Waals surface area contributed by atoms with Crippen molar-refractivity contribution in [2.45, 2.75) is 19.9 Å². The van der Waals surface area contributed by atoms with Crippen molar-refractivity contribution in [2.24, 2.45) is 0 Å². The standard InChI is InChI=1S/C15H23FN2O/c1-13-11-14(3-4-15(13)16)12-17-5-2-6-18-7-9-19-10-8-18/h3-4,11,17H,2,5-10,12H2,1H3. The first kappa shape index (κ1) is 14.4. The van der Waals surface area contributed by atoms with Gasteiger partial charge in [-0.15, -0.1) is 0 Å². The van der Waals surface area contributed by atoms with E-state index in [4.69, 9.17) is 4.74 Å². The van der Waals surface area contributed by atoms with Gasteiger partial charge in [-0.05, 0) is 43.6 Å². The molecule has 0 saturated carbocycles. The lowest BCUT2D eigenvalue weighted by molar-refractivity contribution is 0.0374. The quantitative estimate of drug-likeness (QED) is 0.797. The van der Waals surface area contributed by atoms with Gasteiger partial charge in [0.15, 0.2) is 0 Å². The first-order chi connectivity index (χ1) is 9.25. The van der Waals surface area contributed by atoms with Gasteiger partial charge >= 0.3 is 0 Å². The average molecular weight is 266 g/mol. The van der Waals surface area contributed by atoms with Gasteiger partial charge in [0, 0.05) is 19.6 Å². The Morgan fingerprint density at radius 1 is 1.32 bits per heavy atom. The van der Waals surface area contributed by atoms with Crippen molar-refractivity contribution in [2.75, 3.05) is 39.4 Å². The lowest BCUT2D eigenvalue weighted by Gasteiger charge is -2.26. The molecule has 1 N–H and O–H groups in total. The van der Waals surface area contributed by atoms with Crippen LogP contribution in [0.15, 0.2) is 18.2 Å². The first-order valence-electron chi connectivity index (χ1n) is 7.01.